The molecule has 4 N–H and O–H groups in total. The summed E-state index contributed by atoms with van der Waals surface area (Å²) in [6, 6.07) is 21.9. The lowest BCUT2D eigenvalue weighted by Crippen LogP contribution is -2.56. The largest absolute Gasteiger partial charge is 0.321 e. The monoisotopic (exact) mass is 328 g/mol. The van der Waals surface area contributed by atoms with Crippen molar-refractivity contribution < 1.29 is 0 Å². The highest BCUT2D eigenvalue weighted by Crippen LogP contribution is 2.36. The van der Waals surface area contributed by atoms with E-state index in [1.165, 1.54) is 0 Å². The van der Waals surface area contributed by atoms with Crippen LogP contribution in [0.3, 0.4) is 0 Å². The Morgan fingerprint density at radius 3 is 2.64 bits per heavy atom. The van der Waals surface area contributed by atoms with Crippen LogP contribution in [0.5, 0.6) is 0 Å². The lowest BCUT2D eigenvalue weighted by Gasteiger charge is -2.37. The number of hydrogen-bond acceptors (Lipinski definition) is 4. The van der Waals surface area contributed by atoms with Gasteiger partial charge in [-0.15, -0.1) is 0 Å². The molecule has 0 fully saturated rings. The number of hydrogen-bond donors (Lipinski definition) is 2. The summed E-state index contributed by atoms with van der Waals surface area (Å²) in [5.74, 6) is 0. The first-order valence-electron chi connectivity index (χ1n) is 8.35. The summed E-state index contributed by atoms with van der Waals surface area (Å²) in [4.78, 5) is 8.86. The second-order valence-electron chi connectivity index (χ2n) is 6.45. The summed E-state index contributed by atoms with van der Waals surface area (Å²) in [7, 11) is 0. The molecule has 1 aliphatic heterocycles. The Labute approximate surface area is 147 Å². The Hall–Kier alpha value is -2.82. The second kappa shape index (κ2) is 6.24. The van der Waals surface area contributed by atoms with Crippen molar-refractivity contribution in [3.8, 4) is 11.3 Å². The third-order valence-corrected chi connectivity index (χ3v) is 4.76. The first kappa shape index (κ1) is 15.7. The van der Waals surface area contributed by atoms with Gasteiger partial charge in [-0.2, -0.15) is 0 Å². The first-order valence-corrected chi connectivity index (χ1v) is 8.35. The van der Waals surface area contributed by atoms with Gasteiger partial charge >= 0.3 is 0 Å². The van der Waals surface area contributed by atoms with Gasteiger partial charge in [-0.3, -0.25) is 9.98 Å². The van der Waals surface area contributed by atoms with Crippen molar-refractivity contribution in [2.24, 2.45) is 16.5 Å². The van der Waals surface area contributed by atoms with Crippen LogP contribution >= 0.6 is 0 Å². The third-order valence-electron chi connectivity index (χ3n) is 4.76. The van der Waals surface area contributed by atoms with Crippen LogP contribution < -0.4 is 11.5 Å². The Morgan fingerprint density at radius 2 is 1.80 bits per heavy atom. The van der Waals surface area contributed by atoms with E-state index >= 15 is 0 Å². The fraction of sp³-hybridized carbons (Fsp3) is 0.143. The van der Waals surface area contributed by atoms with E-state index in [0.29, 0.717) is 6.42 Å². The van der Waals surface area contributed by atoms with Crippen molar-refractivity contribution >= 4 is 11.9 Å². The Kier molecular flexibility index (Phi) is 3.92. The van der Waals surface area contributed by atoms with Gasteiger partial charge < -0.3 is 11.5 Å². The van der Waals surface area contributed by atoms with Crippen LogP contribution in [-0.4, -0.2) is 17.2 Å². The zero-order valence-electron chi connectivity index (χ0n) is 13.8. The number of nitrogens with zero attached hydrogens (tertiary/aromatic N) is 2. The van der Waals surface area contributed by atoms with E-state index in [1.54, 1.807) is 12.4 Å². The molecule has 0 saturated carbocycles. The number of rotatable bonds is 3. The molecular weight excluding hydrogens is 308 g/mol. The third kappa shape index (κ3) is 2.86. The zero-order chi connectivity index (χ0) is 17.3. The van der Waals surface area contributed by atoms with Gasteiger partial charge in [0.1, 0.15) is 0 Å². The van der Waals surface area contributed by atoms with Crippen LogP contribution in [0.1, 0.15) is 11.1 Å². The molecular formula is C21H20N4. The molecule has 4 nitrogen and oxygen atoms in total. The zero-order valence-corrected chi connectivity index (χ0v) is 13.8. The van der Waals surface area contributed by atoms with E-state index in [2.05, 4.69) is 28.2 Å². The molecule has 0 aliphatic carbocycles. The van der Waals surface area contributed by atoms with Gasteiger partial charge in [0.15, 0.2) is 0 Å². The molecule has 2 atom stereocenters. The van der Waals surface area contributed by atoms with Crippen molar-refractivity contribution in [2.45, 2.75) is 18.0 Å². The van der Waals surface area contributed by atoms with Crippen molar-refractivity contribution in [1.29, 1.82) is 0 Å². The molecule has 25 heavy (non-hydrogen) atoms. The SMILES string of the molecule is NC1C=Nc2ccccc2C1(N)Cc1cccc(-c2ccccn2)c1. The Bertz CT molecular complexity index is 920. The minimum atomic E-state index is -0.679. The van der Waals surface area contributed by atoms with Crippen LogP contribution in [0, 0.1) is 0 Å². The highest BCUT2D eigenvalue weighted by Gasteiger charge is 2.38. The van der Waals surface area contributed by atoms with Gasteiger partial charge in [0, 0.05) is 18.0 Å². The molecule has 1 aliphatic rings. The van der Waals surface area contributed by atoms with E-state index in [0.717, 1.165) is 28.1 Å². The molecule has 0 spiro atoms. The average Bonchev–Trinajstić information content (AvgIpc) is 2.66. The van der Waals surface area contributed by atoms with E-state index < -0.39 is 5.54 Å². The maximum absolute atomic E-state index is 6.80. The van der Waals surface area contributed by atoms with E-state index in [-0.39, 0.29) is 6.04 Å². The topological polar surface area (TPSA) is 77.3 Å². The highest BCUT2D eigenvalue weighted by atomic mass is 14.9. The number of nitrogens with two attached hydrogens (primary N) is 2. The molecule has 0 saturated heterocycles. The minimum Gasteiger partial charge on any atom is -0.321 e. The van der Waals surface area contributed by atoms with Crippen molar-refractivity contribution in [3.05, 3.63) is 84.1 Å². The van der Waals surface area contributed by atoms with Crippen LogP contribution in [0.2, 0.25) is 0 Å². The summed E-state index contributed by atoms with van der Waals surface area (Å²) in [5.41, 5.74) is 17.5. The van der Waals surface area contributed by atoms with Gasteiger partial charge in [0.2, 0.25) is 0 Å². The molecule has 2 aromatic carbocycles. The van der Waals surface area contributed by atoms with Crippen LogP contribution in [-0.2, 0) is 12.0 Å². The summed E-state index contributed by atoms with van der Waals surface area (Å²) in [6.07, 6.45) is 4.19. The molecule has 3 aromatic rings. The van der Waals surface area contributed by atoms with Gasteiger partial charge in [-0.25, -0.2) is 0 Å². The summed E-state index contributed by atoms with van der Waals surface area (Å²) < 4.78 is 0. The van der Waals surface area contributed by atoms with E-state index in [9.17, 15) is 0 Å². The highest BCUT2D eigenvalue weighted by molar-refractivity contribution is 5.77. The van der Waals surface area contributed by atoms with E-state index in [4.69, 9.17) is 11.5 Å². The summed E-state index contributed by atoms with van der Waals surface area (Å²) in [5, 5.41) is 0. The predicted octanol–water partition coefficient (Wildman–Crippen LogP) is 3.19. The summed E-state index contributed by atoms with van der Waals surface area (Å²) >= 11 is 0. The molecule has 124 valence electrons. The number of para-hydroxylation sites is 1. The lowest BCUT2D eigenvalue weighted by molar-refractivity contribution is 0.410. The fourth-order valence-corrected chi connectivity index (χ4v) is 3.38. The maximum Gasteiger partial charge on any atom is 0.0702 e. The molecule has 4 heteroatoms. The standard InChI is InChI=1S/C21H20N4/c22-20-14-25-19-10-2-1-8-17(19)21(20,23)13-15-6-5-7-16(12-15)18-9-3-4-11-24-18/h1-12,14,20H,13,22-23H2. The number of pyridine rings is 1. The molecule has 0 bridgehead atoms. The van der Waals surface area contributed by atoms with E-state index in [1.807, 2.05) is 48.5 Å². The molecule has 1 aromatic heterocycles. The molecule has 0 amide bonds. The van der Waals surface area contributed by atoms with Crippen LogP contribution in [0.25, 0.3) is 11.3 Å². The predicted molar refractivity (Wildman–Crippen MR) is 102 cm³/mol. The second-order valence-corrected chi connectivity index (χ2v) is 6.45. The number of benzene rings is 2. The van der Waals surface area contributed by atoms with Gasteiger partial charge in [0.05, 0.1) is 23.0 Å². The molecule has 2 unspecified atom stereocenters. The first-order chi connectivity index (χ1) is 12.2. The Balaban J connectivity index is 1.71. The van der Waals surface area contributed by atoms with Crippen LogP contribution in [0.4, 0.5) is 5.69 Å². The normalized spacial score (nSPS) is 21.8. The number of aromatic nitrogens is 1. The number of aliphatic imine (C=N–C) groups is 1. The molecule has 2 heterocycles. The minimum absolute atomic E-state index is 0.332. The smallest absolute Gasteiger partial charge is 0.0702 e. The lowest BCUT2D eigenvalue weighted by atomic mass is 9.77. The van der Waals surface area contributed by atoms with Crippen molar-refractivity contribution in [1.82, 2.24) is 4.98 Å². The van der Waals surface area contributed by atoms with Crippen LogP contribution in [0.15, 0.2) is 77.9 Å². The summed E-state index contributed by atoms with van der Waals surface area (Å²) in [6.45, 7) is 0. The van der Waals surface area contributed by atoms with Gasteiger partial charge in [0.25, 0.3) is 0 Å². The van der Waals surface area contributed by atoms with Gasteiger partial charge in [-0.05, 0) is 41.8 Å². The molecule has 4 rings (SSSR count). The quantitative estimate of drug-likeness (QED) is 0.775. The van der Waals surface area contributed by atoms with Crippen molar-refractivity contribution in [2.75, 3.05) is 0 Å². The molecule has 0 radical (unpaired) electrons. The average molecular weight is 328 g/mol. The Morgan fingerprint density at radius 1 is 0.960 bits per heavy atom. The van der Waals surface area contributed by atoms with Gasteiger partial charge in [-0.1, -0.05) is 42.5 Å². The van der Waals surface area contributed by atoms with Crippen molar-refractivity contribution in [3.63, 3.8) is 0 Å². The fourth-order valence-electron chi connectivity index (χ4n) is 3.38. The maximum atomic E-state index is 6.80. The number of fused-ring (bicyclic) bond motifs is 1.